The van der Waals surface area contributed by atoms with Gasteiger partial charge < -0.3 is 15.0 Å². The molecule has 12 heteroatoms. The highest BCUT2D eigenvalue weighted by molar-refractivity contribution is 7.89. The number of carbonyl (C=O) groups is 1. The van der Waals surface area contributed by atoms with E-state index in [4.69, 9.17) is 4.74 Å². The normalized spacial score (nSPS) is 22.4. The lowest BCUT2D eigenvalue weighted by Gasteiger charge is -2.36. The van der Waals surface area contributed by atoms with Gasteiger partial charge in [0.25, 0.3) is 5.56 Å². The smallest absolute Gasteiger partial charge is 0.263 e. The van der Waals surface area contributed by atoms with Crippen LogP contribution >= 0.6 is 11.3 Å². The molecule has 2 aromatic heterocycles. The Kier molecular flexibility index (Phi) is 8.21. The van der Waals surface area contributed by atoms with E-state index in [-0.39, 0.29) is 41.9 Å². The number of carbonyl (C=O) groups excluding carboxylic acids is 1. The van der Waals surface area contributed by atoms with Gasteiger partial charge in [-0.3, -0.25) is 14.2 Å². The van der Waals surface area contributed by atoms with Crippen LogP contribution in [0.2, 0.25) is 0 Å². The number of aryl methyl sites for hydroxylation is 1. The molecule has 1 aromatic carbocycles. The minimum atomic E-state index is -3.97. The van der Waals surface area contributed by atoms with Crippen molar-refractivity contribution in [2.45, 2.75) is 57.5 Å². The highest BCUT2D eigenvalue weighted by Crippen LogP contribution is 2.34. The van der Waals surface area contributed by atoms with Gasteiger partial charge in [0.15, 0.2) is 0 Å². The van der Waals surface area contributed by atoms with Crippen LogP contribution in [0.25, 0.3) is 10.2 Å². The van der Waals surface area contributed by atoms with Crippen molar-refractivity contribution in [2.24, 2.45) is 11.8 Å². The van der Waals surface area contributed by atoms with E-state index in [9.17, 15) is 18.0 Å². The maximum atomic E-state index is 13.9. The van der Waals surface area contributed by atoms with Crippen LogP contribution in [-0.4, -0.2) is 67.5 Å². The summed E-state index contributed by atoms with van der Waals surface area (Å²) in [5, 5.41) is 3.15. The Balaban J connectivity index is 1.37. The number of fused-ring (bicyclic) bond motifs is 1. The molecule has 3 heterocycles. The number of methoxy groups -OCH3 is 1. The van der Waals surface area contributed by atoms with Crippen molar-refractivity contribution >= 4 is 43.2 Å². The van der Waals surface area contributed by atoms with Crippen molar-refractivity contribution in [3.8, 4) is 5.75 Å². The number of piperazine rings is 1. The zero-order valence-corrected chi connectivity index (χ0v) is 25.1. The first-order chi connectivity index (χ1) is 19.1. The quantitative estimate of drug-likeness (QED) is 0.452. The van der Waals surface area contributed by atoms with E-state index in [1.165, 1.54) is 26.5 Å². The first kappa shape index (κ1) is 28.6. The van der Waals surface area contributed by atoms with E-state index in [2.05, 4.69) is 29.0 Å². The standard InChI is InChI=1S/C28H37N5O5S2/c1-18-8-7-9-21(19(18)2)30-24(34)16-32-17-29-27-25(28(32)35)26(20(3)39-27)40(36,37)33-14-12-31(13-15-33)22-10-5-6-11-23(22)38-4/h5-6,10-11,17-19,21H,7-9,12-16H2,1-4H3,(H,30,34)/t18-,19-,21-/m1/s1. The van der Waals surface area contributed by atoms with Crippen LogP contribution in [0.15, 0.2) is 40.3 Å². The number of ether oxygens (including phenoxy) is 1. The van der Waals surface area contributed by atoms with Crippen molar-refractivity contribution in [1.29, 1.82) is 0 Å². The Morgan fingerprint density at radius 3 is 2.60 bits per heavy atom. The number of anilines is 1. The molecule has 1 saturated carbocycles. The van der Waals surface area contributed by atoms with Crippen LogP contribution < -0.4 is 20.5 Å². The molecule has 0 bridgehead atoms. The Morgan fingerprint density at radius 2 is 1.88 bits per heavy atom. The predicted octanol–water partition coefficient (Wildman–Crippen LogP) is 3.23. The first-order valence-corrected chi connectivity index (χ1v) is 16.0. The zero-order chi connectivity index (χ0) is 28.6. The molecule has 1 aliphatic heterocycles. The van der Waals surface area contributed by atoms with Gasteiger partial charge in [0.05, 0.1) is 24.5 Å². The van der Waals surface area contributed by atoms with Gasteiger partial charge in [-0.25, -0.2) is 13.4 Å². The maximum absolute atomic E-state index is 13.9. The molecular weight excluding hydrogens is 550 g/mol. The highest BCUT2D eigenvalue weighted by Gasteiger charge is 2.34. The van der Waals surface area contributed by atoms with E-state index in [1.54, 1.807) is 14.0 Å². The SMILES string of the molecule is COc1ccccc1N1CCN(S(=O)(=O)c2c(C)sc3ncn(CC(=O)N[C@@H]4CCC[C@@H](C)[C@H]4C)c(=O)c23)CC1. The molecule has 2 aliphatic rings. The monoisotopic (exact) mass is 587 g/mol. The lowest BCUT2D eigenvalue weighted by atomic mass is 9.78. The summed E-state index contributed by atoms with van der Waals surface area (Å²) < 4.78 is 35.9. The van der Waals surface area contributed by atoms with E-state index in [1.807, 2.05) is 24.3 Å². The number of rotatable bonds is 7. The molecular formula is C28H37N5O5S2. The van der Waals surface area contributed by atoms with Crippen molar-refractivity contribution in [1.82, 2.24) is 19.2 Å². The Bertz CT molecular complexity index is 1560. The number of aromatic nitrogens is 2. The molecule has 0 radical (unpaired) electrons. The third-order valence-corrected chi connectivity index (χ3v) is 11.6. The Morgan fingerprint density at radius 1 is 1.15 bits per heavy atom. The van der Waals surface area contributed by atoms with Gasteiger partial charge in [-0.05, 0) is 37.3 Å². The first-order valence-electron chi connectivity index (χ1n) is 13.8. The van der Waals surface area contributed by atoms with Crippen LogP contribution in [0.5, 0.6) is 5.75 Å². The summed E-state index contributed by atoms with van der Waals surface area (Å²) in [6.07, 6.45) is 4.47. The van der Waals surface area contributed by atoms with Crippen molar-refractivity contribution in [3.05, 3.63) is 45.8 Å². The van der Waals surface area contributed by atoms with Gasteiger partial charge >= 0.3 is 0 Å². The highest BCUT2D eigenvalue weighted by atomic mass is 32.2. The van der Waals surface area contributed by atoms with Crippen molar-refractivity contribution < 1.29 is 17.9 Å². The Labute approximate surface area is 239 Å². The lowest BCUT2D eigenvalue weighted by Crippen LogP contribution is -2.49. The van der Waals surface area contributed by atoms with Gasteiger partial charge in [0, 0.05) is 37.1 Å². The summed E-state index contributed by atoms with van der Waals surface area (Å²) in [6.45, 7) is 7.36. The lowest BCUT2D eigenvalue weighted by molar-refractivity contribution is -0.123. The van der Waals surface area contributed by atoms with Crippen molar-refractivity contribution in [2.75, 3.05) is 38.2 Å². The molecule has 1 saturated heterocycles. The van der Waals surface area contributed by atoms with E-state index in [0.29, 0.717) is 34.6 Å². The van der Waals surface area contributed by atoms with Gasteiger partial charge in [0.1, 0.15) is 22.0 Å². The van der Waals surface area contributed by atoms with E-state index < -0.39 is 15.6 Å². The number of benzene rings is 1. The van der Waals surface area contributed by atoms with E-state index >= 15 is 0 Å². The molecule has 216 valence electrons. The fourth-order valence-electron chi connectivity index (χ4n) is 5.92. The number of hydrogen-bond donors (Lipinski definition) is 1. The second kappa shape index (κ2) is 11.5. The van der Waals surface area contributed by atoms with Gasteiger partial charge in [-0.15, -0.1) is 11.3 Å². The van der Waals surface area contributed by atoms with Gasteiger partial charge in [0.2, 0.25) is 15.9 Å². The summed E-state index contributed by atoms with van der Waals surface area (Å²) in [4.78, 5) is 33.9. The second-order valence-electron chi connectivity index (χ2n) is 10.8. The van der Waals surface area contributed by atoms with Crippen LogP contribution in [-0.2, 0) is 21.4 Å². The number of nitrogens with one attached hydrogen (secondary N) is 1. The molecule has 3 atom stereocenters. The van der Waals surface area contributed by atoms with Crippen molar-refractivity contribution in [3.63, 3.8) is 0 Å². The molecule has 2 fully saturated rings. The molecule has 1 amide bonds. The number of nitrogens with zero attached hydrogens (tertiary/aromatic N) is 4. The van der Waals surface area contributed by atoms with Crippen LogP contribution in [0.1, 0.15) is 38.0 Å². The zero-order valence-electron chi connectivity index (χ0n) is 23.4. The number of para-hydroxylation sites is 2. The maximum Gasteiger partial charge on any atom is 0.263 e. The number of sulfonamides is 1. The molecule has 1 aliphatic carbocycles. The molecule has 0 unspecified atom stereocenters. The molecule has 3 aromatic rings. The summed E-state index contributed by atoms with van der Waals surface area (Å²) in [7, 11) is -2.35. The second-order valence-corrected chi connectivity index (χ2v) is 13.9. The number of thiophene rings is 1. The molecule has 10 nitrogen and oxygen atoms in total. The fraction of sp³-hybridized carbons (Fsp3) is 0.536. The summed E-state index contributed by atoms with van der Waals surface area (Å²) >= 11 is 1.18. The number of amides is 1. The van der Waals surface area contributed by atoms with E-state index in [0.717, 1.165) is 30.7 Å². The minimum absolute atomic E-state index is 0.000211. The van der Waals surface area contributed by atoms with Crippen LogP contribution in [0.3, 0.4) is 0 Å². The molecule has 5 rings (SSSR count). The topological polar surface area (TPSA) is 114 Å². The third-order valence-electron chi connectivity index (χ3n) is 8.43. The van der Waals surface area contributed by atoms with Gasteiger partial charge in [-0.1, -0.05) is 38.8 Å². The Hall–Kier alpha value is -2.96. The number of hydrogen-bond acceptors (Lipinski definition) is 8. The van der Waals surface area contributed by atoms with Gasteiger partial charge in [-0.2, -0.15) is 4.31 Å². The third kappa shape index (κ3) is 5.36. The summed E-state index contributed by atoms with van der Waals surface area (Å²) in [5.41, 5.74) is 0.405. The minimum Gasteiger partial charge on any atom is -0.495 e. The van der Waals surface area contributed by atoms with Crippen LogP contribution in [0.4, 0.5) is 5.69 Å². The fourth-order valence-corrected chi connectivity index (χ4v) is 9.01. The predicted molar refractivity (Wildman–Crippen MR) is 157 cm³/mol. The largest absolute Gasteiger partial charge is 0.495 e. The average Bonchev–Trinajstić information content (AvgIpc) is 3.30. The summed E-state index contributed by atoms with van der Waals surface area (Å²) in [6, 6.07) is 7.73. The molecule has 40 heavy (non-hydrogen) atoms. The average molecular weight is 588 g/mol. The summed E-state index contributed by atoms with van der Waals surface area (Å²) in [5.74, 6) is 1.35. The van der Waals surface area contributed by atoms with Crippen LogP contribution in [0, 0.1) is 18.8 Å². The molecule has 0 spiro atoms. The molecule has 1 N–H and O–H groups in total.